The minimum absolute atomic E-state index is 0.0435. The average molecular weight is 406 g/mol. The summed E-state index contributed by atoms with van der Waals surface area (Å²) in [5, 5.41) is 11.9. The number of ether oxygens (including phenoxy) is 2. The molecule has 1 N–H and O–H groups in total. The first-order valence-corrected chi connectivity index (χ1v) is 9.42. The number of carbonyl (C=O) groups excluding carboxylic acids is 1. The maximum atomic E-state index is 13.8. The Kier molecular flexibility index (Phi) is 5.46. The van der Waals surface area contributed by atoms with Gasteiger partial charge in [-0.05, 0) is 30.3 Å². The third-order valence-corrected chi connectivity index (χ3v) is 4.88. The van der Waals surface area contributed by atoms with Crippen molar-refractivity contribution in [2.75, 3.05) is 30.1 Å². The SMILES string of the molecule is C=CC(=O)Nc1cc2c(cc1O[C@H]1CCOC1)N(c1ccc(F)c(C#N)c1)CN=C2. The average Bonchev–Trinajstić information content (AvgIpc) is 3.27. The Morgan fingerprint density at radius 1 is 1.43 bits per heavy atom. The van der Waals surface area contributed by atoms with Crippen molar-refractivity contribution in [3.63, 3.8) is 0 Å². The number of fused-ring (bicyclic) bond motifs is 1. The van der Waals surface area contributed by atoms with E-state index in [1.807, 2.05) is 17.0 Å². The number of benzene rings is 2. The predicted octanol–water partition coefficient (Wildman–Crippen LogP) is 3.52. The summed E-state index contributed by atoms with van der Waals surface area (Å²) in [5.41, 5.74) is 2.60. The van der Waals surface area contributed by atoms with Gasteiger partial charge in [0.1, 0.15) is 30.4 Å². The zero-order chi connectivity index (χ0) is 21.1. The lowest BCUT2D eigenvalue weighted by molar-refractivity contribution is -0.111. The summed E-state index contributed by atoms with van der Waals surface area (Å²) in [6.45, 7) is 4.88. The Morgan fingerprint density at radius 3 is 3.03 bits per heavy atom. The monoisotopic (exact) mass is 406 g/mol. The van der Waals surface area contributed by atoms with Gasteiger partial charge in [-0.1, -0.05) is 6.58 Å². The number of amides is 1. The smallest absolute Gasteiger partial charge is 0.247 e. The maximum Gasteiger partial charge on any atom is 0.247 e. The molecule has 1 amide bonds. The molecule has 8 heteroatoms. The van der Waals surface area contributed by atoms with Gasteiger partial charge < -0.3 is 19.7 Å². The highest BCUT2D eigenvalue weighted by molar-refractivity contribution is 6.02. The molecule has 0 unspecified atom stereocenters. The van der Waals surface area contributed by atoms with E-state index in [4.69, 9.17) is 14.7 Å². The summed E-state index contributed by atoms with van der Waals surface area (Å²) in [4.78, 5) is 18.1. The number of nitrogens with one attached hydrogen (secondary N) is 1. The molecule has 0 spiro atoms. The Morgan fingerprint density at radius 2 is 2.30 bits per heavy atom. The number of anilines is 3. The maximum absolute atomic E-state index is 13.8. The standard InChI is InChI=1S/C22H19FN4O3/c1-2-22(28)26-19-8-15-11-25-13-27(16-3-4-18(23)14(7-16)10-24)20(15)9-21(19)30-17-5-6-29-12-17/h2-4,7-9,11,17H,1,5-6,12-13H2,(H,26,28)/t17-/m0/s1. The van der Waals surface area contributed by atoms with Gasteiger partial charge in [-0.2, -0.15) is 5.26 Å². The Labute approximate surface area is 173 Å². The number of hydrogen-bond acceptors (Lipinski definition) is 6. The zero-order valence-electron chi connectivity index (χ0n) is 16.1. The normalized spacial score (nSPS) is 17.2. The van der Waals surface area contributed by atoms with E-state index in [0.717, 1.165) is 17.7 Å². The predicted molar refractivity (Wildman–Crippen MR) is 111 cm³/mol. The Hall–Kier alpha value is -3.70. The minimum Gasteiger partial charge on any atom is -0.486 e. The van der Waals surface area contributed by atoms with Crippen LogP contribution in [0.5, 0.6) is 5.75 Å². The van der Waals surface area contributed by atoms with Gasteiger partial charge in [0, 0.05) is 30.0 Å². The second kappa shape index (κ2) is 8.35. The van der Waals surface area contributed by atoms with Crippen molar-refractivity contribution in [1.82, 2.24) is 0 Å². The molecule has 2 heterocycles. The van der Waals surface area contributed by atoms with E-state index in [0.29, 0.717) is 37.0 Å². The number of nitrogens with zero attached hydrogens (tertiary/aromatic N) is 3. The molecule has 2 aliphatic rings. The molecule has 2 aliphatic heterocycles. The number of halogens is 1. The van der Waals surface area contributed by atoms with Crippen LogP contribution in [0, 0.1) is 17.1 Å². The third-order valence-electron chi connectivity index (χ3n) is 4.88. The van der Waals surface area contributed by atoms with E-state index in [1.54, 1.807) is 18.3 Å². The van der Waals surface area contributed by atoms with Crippen LogP contribution in [0.3, 0.4) is 0 Å². The molecule has 152 valence electrons. The molecule has 0 radical (unpaired) electrons. The lowest BCUT2D eigenvalue weighted by atomic mass is 10.1. The number of aliphatic imine (C=N–C) groups is 1. The molecular formula is C22H19FN4O3. The van der Waals surface area contributed by atoms with E-state index in [-0.39, 0.29) is 17.6 Å². The van der Waals surface area contributed by atoms with E-state index >= 15 is 0 Å². The van der Waals surface area contributed by atoms with Crippen LogP contribution in [0.4, 0.5) is 21.5 Å². The molecular weight excluding hydrogens is 387 g/mol. The zero-order valence-corrected chi connectivity index (χ0v) is 16.1. The van der Waals surface area contributed by atoms with Crippen molar-refractivity contribution >= 4 is 29.2 Å². The van der Waals surface area contributed by atoms with Gasteiger partial charge in [0.2, 0.25) is 5.91 Å². The van der Waals surface area contributed by atoms with Gasteiger partial charge in [-0.3, -0.25) is 9.79 Å². The van der Waals surface area contributed by atoms with Crippen LogP contribution < -0.4 is 15.0 Å². The van der Waals surface area contributed by atoms with Crippen LogP contribution in [-0.4, -0.2) is 38.1 Å². The van der Waals surface area contributed by atoms with Crippen molar-refractivity contribution in [3.05, 3.63) is 59.9 Å². The fourth-order valence-electron chi connectivity index (χ4n) is 3.37. The van der Waals surface area contributed by atoms with E-state index in [2.05, 4.69) is 16.9 Å². The quantitative estimate of drug-likeness (QED) is 0.768. The summed E-state index contributed by atoms with van der Waals surface area (Å²) in [6, 6.07) is 9.79. The third kappa shape index (κ3) is 3.88. The number of rotatable bonds is 5. The highest BCUT2D eigenvalue weighted by atomic mass is 19.1. The van der Waals surface area contributed by atoms with Crippen LogP contribution in [0.1, 0.15) is 17.5 Å². The van der Waals surface area contributed by atoms with Crippen LogP contribution in [0.15, 0.2) is 48.0 Å². The van der Waals surface area contributed by atoms with Crippen molar-refractivity contribution in [1.29, 1.82) is 5.26 Å². The van der Waals surface area contributed by atoms with Gasteiger partial charge in [0.15, 0.2) is 0 Å². The summed E-state index contributed by atoms with van der Waals surface area (Å²) < 4.78 is 25.3. The molecule has 1 saturated heterocycles. The Bertz CT molecular complexity index is 1070. The molecule has 4 rings (SSSR count). The largest absolute Gasteiger partial charge is 0.486 e. The first-order valence-electron chi connectivity index (χ1n) is 9.42. The van der Waals surface area contributed by atoms with Gasteiger partial charge in [0.05, 0.1) is 30.2 Å². The fourth-order valence-corrected chi connectivity index (χ4v) is 3.37. The van der Waals surface area contributed by atoms with Gasteiger partial charge in [-0.15, -0.1) is 0 Å². The first-order chi connectivity index (χ1) is 14.6. The number of carbonyl (C=O) groups is 1. The molecule has 2 aromatic carbocycles. The van der Waals surface area contributed by atoms with E-state index in [1.165, 1.54) is 18.2 Å². The van der Waals surface area contributed by atoms with Crippen molar-refractivity contribution < 1.29 is 18.7 Å². The van der Waals surface area contributed by atoms with Gasteiger partial charge >= 0.3 is 0 Å². The minimum atomic E-state index is -0.574. The first kappa shape index (κ1) is 19.6. The summed E-state index contributed by atoms with van der Waals surface area (Å²) in [5.74, 6) is -0.443. The highest BCUT2D eigenvalue weighted by Crippen LogP contribution is 2.39. The van der Waals surface area contributed by atoms with Crippen molar-refractivity contribution in [2.45, 2.75) is 12.5 Å². The lowest BCUT2D eigenvalue weighted by Crippen LogP contribution is -2.24. The van der Waals surface area contributed by atoms with Crippen LogP contribution >= 0.6 is 0 Å². The lowest BCUT2D eigenvalue weighted by Gasteiger charge is -2.29. The van der Waals surface area contributed by atoms with Gasteiger partial charge in [0.25, 0.3) is 0 Å². The summed E-state index contributed by atoms with van der Waals surface area (Å²) >= 11 is 0. The van der Waals surface area contributed by atoms with Crippen molar-refractivity contribution in [2.24, 2.45) is 4.99 Å². The summed E-state index contributed by atoms with van der Waals surface area (Å²) in [6.07, 6.45) is 3.52. The summed E-state index contributed by atoms with van der Waals surface area (Å²) in [7, 11) is 0. The number of nitriles is 1. The molecule has 30 heavy (non-hydrogen) atoms. The second-order valence-electron chi connectivity index (χ2n) is 6.86. The molecule has 2 aromatic rings. The number of hydrogen-bond donors (Lipinski definition) is 1. The molecule has 0 aromatic heterocycles. The highest BCUT2D eigenvalue weighted by Gasteiger charge is 2.24. The van der Waals surface area contributed by atoms with Gasteiger partial charge in [-0.25, -0.2) is 4.39 Å². The molecule has 0 saturated carbocycles. The van der Waals surface area contributed by atoms with E-state index < -0.39 is 5.82 Å². The fraction of sp³-hybridized carbons (Fsp3) is 0.227. The van der Waals surface area contributed by atoms with Crippen LogP contribution in [0.25, 0.3) is 0 Å². The second-order valence-corrected chi connectivity index (χ2v) is 6.86. The van der Waals surface area contributed by atoms with E-state index in [9.17, 15) is 9.18 Å². The topological polar surface area (TPSA) is 87.0 Å². The van der Waals surface area contributed by atoms with Crippen LogP contribution in [0.2, 0.25) is 0 Å². The Balaban J connectivity index is 1.76. The molecule has 0 aliphatic carbocycles. The van der Waals surface area contributed by atoms with Crippen LogP contribution in [-0.2, 0) is 9.53 Å². The molecule has 0 bridgehead atoms. The molecule has 7 nitrogen and oxygen atoms in total. The molecule has 1 atom stereocenters. The molecule has 1 fully saturated rings. The van der Waals surface area contributed by atoms with Crippen molar-refractivity contribution in [3.8, 4) is 11.8 Å².